The van der Waals surface area contributed by atoms with Gasteiger partial charge in [0.05, 0.1) is 11.2 Å². The van der Waals surface area contributed by atoms with Crippen molar-refractivity contribution in [2.75, 3.05) is 7.11 Å². The highest BCUT2D eigenvalue weighted by molar-refractivity contribution is 6.74. The minimum atomic E-state index is -1.86. The summed E-state index contributed by atoms with van der Waals surface area (Å²) >= 11 is 0. The van der Waals surface area contributed by atoms with Crippen molar-refractivity contribution in [3.8, 4) is 0 Å². The molecule has 116 valence electrons. The Bertz CT molecular complexity index is 419. The van der Waals surface area contributed by atoms with Gasteiger partial charge in [0, 0.05) is 13.5 Å². The zero-order valence-corrected chi connectivity index (χ0v) is 14.5. The molecule has 1 aliphatic heterocycles. The average Bonchev–Trinajstić information content (AvgIpc) is 2.73. The van der Waals surface area contributed by atoms with E-state index in [9.17, 15) is 5.11 Å². The summed E-state index contributed by atoms with van der Waals surface area (Å²) < 4.78 is 18.0. The van der Waals surface area contributed by atoms with Crippen LogP contribution in [-0.4, -0.2) is 44.1 Å². The maximum Gasteiger partial charge on any atom is 0.192 e. The van der Waals surface area contributed by atoms with Gasteiger partial charge in [-0.15, -0.1) is 0 Å². The van der Waals surface area contributed by atoms with E-state index in [-0.39, 0.29) is 23.0 Å². The molecule has 1 heterocycles. The van der Waals surface area contributed by atoms with Crippen LogP contribution in [-0.2, 0) is 13.9 Å². The molecule has 5 atom stereocenters. The van der Waals surface area contributed by atoms with E-state index in [0.29, 0.717) is 12.3 Å². The van der Waals surface area contributed by atoms with Crippen molar-refractivity contribution >= 4 is 8.32 Å². The average molecular weight is 300 g/mol. The molecule has 0 spiro atoms. The van der Waals surface area contributed by atoms with Gasteiger partial charge in [0.25, 0.3) is 0 Å². The van der Waals surface area contributed by atoms with Crippen molar-refractivity contribution in [2.45, 2.75) is 81.8 Å². The predicted octanol–water partition coefficient (Wildman–Crippen LogP) is 2.66. The third-order valence-corrected chi connectivity index (χ3v) is 10.5. The molecule has 1 saturated heterocycles. The molecule has 0 aromatic rings. The maximum absolute atomic E-state index is 10.8. The number of methoxy groups -OCH3 is 1. The molecule has 0 bridgehead atoms. The minimum absolute atomic E-state index is 0.175. The molecule has 20 heavy (non-hydrogen) atoms. The Morgan fingerprint density at radius 1 is 1.20 bits per heavy atom. The molecule has 4 nitrogen and oxygen atoms in total. The Balaban J connectivity index is 1.82. The summed E-state index contributed by atoms with van der Waals surface area (Å²) in [6, 6.07) is 0. The molecule has 0 radical (unpaired) electrons. The van der Waals surface area contributed by atoms with E-state index in [4.69, 9.17) is 13.9 Å². The van der Waals surface area contributed by atoms with E-state index in [0.717, 1.165) is 12.8 Å². The third-order valence-electron chi connectivity index (χ3n) is 5.95. The quantitative estimate of drug-likeness (QED) is 0.814. The fraction of sp³-hybridized carbons (Fsp3) is 1.00. The van der Waals surface area contributed by atoms with Gasteiger partial charge >= 0.3 is 0 Å². The van der Waals surface area contributed by atoms with E-state index in [1.807, 2.05) is 0 Å². The first-order valence-corrected chi connectivity index (χ1v) is 10.6. The van der Waals surface area contributed by atoms with Crippen LogP contribution >= 0.6 is 0 Å². The zero-order chi connectivity index (χ0) is 15.0. The van der Waals surface area contributed by atoms with E-state index in [1.54, 1.807) is 7.11 Å². The Morgan fingerprint density at radius 3 is 2.40 bits per heavy atom. The lowest BCUT2D eigenvalue weighted by Crippen LogP contribution is -2.51. The molecule has 1 N–H and O–H groups in total. The molecular formula is C15H28O4Si. The summed E-state index contributed by atoms with van der Waals surface area (Å²) in [6.07, 6.45) is 1.91. The van der Waals surface area contributed by atoms with Gasteiger partial charge in [-0.1, -0.05) is 20.8 Å². The van der Waals surface area contributed by atoms with Crippen LogP contribution in [0.3, 0.4) is 0 Å². The lowest BCUT2D eigenvalue weighted by molar-refractivity contribution is -0.151. The first-order valence-electron chi connectivity index (χ1n) is 7.65. The van der Waals surface area contributed by atoms with Gasteiger partial charge in [-0.2, -0.15) is 0 Å². The van der Waals surface area contributed by atoms with E-state index < -0.39 is 13.9 Å². The number of rotatable bonds is 3. The normalized spacial score (nSPS) is 47.2. The lowest BCUT2D eigenvalue weighted by Gasteiger charge is -2.41. The van der Waals surface area contributed by atoms with Crippen molar-refractivity contribution in [1.82, 2.24) is 0 Å². The number of ether oxygens (including phenoxy) is 2. The zero-order valence-electron chi connectivity index (χ0n) is 13.5. The van der Waals surface area contributed by atoms with Crippen LogP contribution in [0.4, 0.5) is 0 Å². The van der Waals surface area contributed by atoms with Crippen LogP contribution in [0.1, 0.15) is 40.0 Å². The standard InChI is InChI=1S/C15H28O4Si/c1-13(2,3)20(5,6)19-15-8-10(15)7-14(16)9-11(17-4)18-12(14)15/h10-12,16H,7-9H2,1-6H3/t10?,11?,12-,14-,15?/m0/s1. The van der Waals surface area contributed by atoms with Crippen LogP contribution in [0.5, 0.6) is 0 Å². The Labute approximate surface area is 122 Å². The number of fused-ring (bicyclic) bond motifs is 3. The topological polar surface area (TPSA) is 47.9 Å². The molecule has 5 heteroatoms. The van der Waals surface area contributed by atoms with Gasteiger partial charge in [0.15, 0.2) is 14.6 Å². The summed E-state index contributed by atoms with van der Waals surface area (Å²) in [6.45, 7) is 11.3. The first kappa shape index (κ1) is 15.0. The summed E-state index contributed by atoms with van der Waals surface area (Å²) in [5.41, 5.74) is -0.989. The first-order chi connectivity index (χ1) is 9.04. The van der Waals surface area contributed by atoms with Crippen molar-refractivity contribution in [3.05, 3.63) is 0 Å². The SMILES string of the molecule is COC1C[C@@]2(O)CC3CC3(O[Si](C)(C)C(C)(C)C)[C@H]2O1. The fourth-order valence-electron chi connectivity index (χ4n) is 3.75. The van der Waals surface area contributed by atoms with Gasteiger partial charge in [-0.05, 0) is 36.9 Å². The molecule has 3 fully saturated rings. The highest BCUT2D eigenvalue weighted by Gasteiger charge is 2.77. The smallest absolute Gasteiger partial charge is 0.192 e. The molecule has 2 saturated carbocycles. The Kier molecular flexibility index (Phi) is 3.05. The molecule has 0 amide bonds. The van der Waals surface area contributed by atoms with Gasteiger partial charge in [0.1, 0.15) is 6.10 Å². The van der Waals surface area contributed by atoms with E-state index in [2.05, 4.69) is 33.9 Å². The predicted molar refractivity (Wildman–Crippen MR) is 79.0 cm³/mol. The Hall–Kier alpha value is 0.0569. The largest absolute Gasteiger partial charge is 0.408 e. The third kappa shape index (κ3) is 1.94. The second kappa shape index (κ2) is 4.07. The van der Waals surface area contributed by atoms with Gasteiger partial charge in [0.2, 0.25) is 0 Å². The van der Waals surface area contributed by atoms with Gasteiger partial charge in [-0.3, -0.25) is 0 Å². The minimum Gasteiger partial charge on any atom is -0.408 e. The van der Waals surface area contributed by atoms with Crippen LogP contribution in [0, 0.1) is 5.92 Å². The van der Waals surface area contributed by atoms with Crippen molar-refractivity contribution in [1.29, 1.82) is 0 Å². The lowest BCUT2D eigenvalue weighted by atomic mass is 9.93. The summed E-state index contributed by atoms with van der Waals surface area (Å²) in [5, 5.41) is 11.0. The second-order valence-corrected chi connectivity index (χ2v) is 13.1. The van der Waals surface area contributed by atoms with Crippen LogP contribution in [0.15, 0.2) is 0 Å². The Morgan fingerprint density at radius 2 is 1.85 bits per heavy atom. The fourth-order valence-corrected chi connectivity index (χ4v) is 5.36. The summed E-state index contributed by atoms with van der Waals surface area (Å²) in [4.78, 5) is 0. The molecule has 3 aliphatic rings. The van der Waals surface area contributed by atoms with Crippen molar-refractivity contribution in [3.63, 3.8) is 0 Å². The molecule has 0 aromatic carbocycles. The summed E-state index contributed by atoms with van der Waals surface area (Å²) in [7, 11) is -0.218. The summed E-state index contributed by atoms with van der Waals surface area (Å²) in [5.74, 6) is 0.462. The van der Waals surface area contributed by atoms with Crippen LogP contribution in [0.2, 0.25) is 18.1 Å². The number of hydrogen-bond acceptors (Lipinski definition) is 4. The highest BCUT2D eigenvalue weighted by Crippen LogP contribution is 2.67. The molecule has 2 aliphatic carbocycles. The molecule has 0 aromatic heterocycles. The maximum atomic E-state index is 10.8. The van der Waals surface area contributed by atoms with Gasteiger partial charge < -0.3 is 19.0 Å². The monoisotopic (exact) mass is 300 g/mol. The number of aliphatic hydroxyl groups is 1. The van der Waals surface area contributed by atoms with Gasteiger partial charge in [-0.25, -0.2) is 0 Å². The highest BCUT2D eigenvalue weighted by atomic mass is 28.4. The van der Waals surface area contributed by atoms with E-state index in [1.165, 1.54) is 0 Å². The van der Waals surface area contributed by atoms with E-state index >= 15 is 0 Å². The van der Waals surface area contributed by atoms with Crippen molar-refractivity contribution in [2.24, 2.45) is 5.92 Å². The van der Waals surface area contributed by atoms with Crippen LogP contribution < -0.4 is 0 Å². The van der Waals surface area contributed by atoms with Crippen molar-refractivity contribution < 1.29 is 19.0 Å². The second-order valence-electron chi connectivity index (χ2n) is 8.41. The molecule has 3 rings (SSSR count). The molecule has 3 unspecified atom stereocenters. The molecular weight excluding hydrogens is 272 g/mol. The number of hydrogen-bond donors (Lipinski definition) is 1. The van der Waals surface area contributed by atoms with Crippen LogP contribution in [0.25, 0.3) is 0 Å².